The number of ether oxygens (including phenoxy) is 1. The predicted molar refractivity (Wildman–Crippen MR) is 41.0 cm³/mol. The van der Waals surface area contributed by atoms with Crippen molar-refractivity contribution in [2.75, 3.05) is 0 Å². The zero-order chi connectivity index (χ0) is 10.7. The first-order valence-corrected chi connectivity index (χ1v) is 3.60. The van der Waals surface area contributed by atoms with Crippen molar-refractivity contribution in [2.24, 2.45) is 0 Å². The van der Waals surface area contributed by atoms with E-state index in [0.29, 0.717) is 0 Å². The van der Waals surface area contributed by atoms with E-state index in [1.54, 1.807) is 0 Å². The van der Waals surface area contributed by atoms with Gasteiger partial charge in [0.05, 0.1) is 0 Å². The van der Waals surface area contributed by atoms with Gasteiger partial charge in [-0.1, -0.05) is 6.08 Å². The number of hydrogen-bond acceptors (Lipinski definition) is 2. The third-order valence-electron chi connectivity index (χ3n) is 1.50. The number of carbonyl (C=O) groups is 1. The summed E-state index contributed by atoms with van der Waals surface area (Å²) < 4.78 is 41.2. The minimum Gasteiger partial charge on any atom is -0.450 e. The highest BCUT2D eigenvalue weighted by molar-refractivity contribution is 5.66. The van der Waals surface area contributed by atoms with Crippen LogP contribution in [0.1, 0.15) is 20.3 Å². The van der Waals surface area contributed by atoms with Crippen LogP contribution in [0.4, 0.5) is 13.2 Å². The Hall–Kier alpha value is -1.00. The average molecular weight is 196 g/mol. The lowest BCUT2D eigenvalue weighted by molar-refractivity contribution is -0.261. The van der Waals surface area contributed by atoms with Crippen molar-refractivity contribution in [3.8, 4) is 0 Å². The summed E-state index contributed by atoms with van der Waals surface area (Å²) in [6, 6.07) is 0. The van der Waals surface area contributed by atoms with Gasteiger partial charge in [-0.3, -0.25) is 4.79 Å². The molecule has 76 valence electrons. The summed E-state index contributed by atoms with van der Waals surface area (Å²) in [5.41, 5.74) is -2.46. The quantitative estimate of drug-likeness (QED) is 0.512. The number of hydrogen-bond donors (Lipinski definition) is 0. The maximum atomic E-state index is 12.3. The monoisotopic (exact) mass is 196 g/mol. The zero-order valence-electron chi connectivity index (χ0n) is 7.44. The van der Waals surface area contributed by atoms with Gasteiger partial charge in [-0.05, 0) is 6.92 Å². The molecule has 0 N–H and O–H groups in total. The van der Waals surface area contributed by atoms with Gasteiger partial charge in [-0.25, -0.2) is 0 Å². The summed E-state index contributed by atoms with van der Waals surface area (Å²) in [4.78, 5) is 10.4. The topological polar surface area (TPSA) is 26.3 Å². The molecule has 0 saturated heterocycles. The first-order valence-electron chi connectivity index (χ1n) is 3.60. The van der Waals surface area contributed by atoms with Crippen molar-refractivity contribution in [1.82, 2.24) is 0 Å². The van der Waals surface area contributed by atoms with Gasteiger partial charge < -0.3 is 4.74 Å². The molecule has 0 aliphatic rings. The molecule has 0 amide bonds. The highest BCUT2D eigenvalue weighted by Crippen LogP contribution is 2.36. The second-order valence-electron chi connectivity index (χ2n) is 2.82. The molecule has 0 bridgehead atoms. The molecule has 0 aromatic heterocycles. The Balaban J connectivity index is 4.72. The first kappa shape index (κ1) is 12.0. The minimum atomic E-state index is -4.58. The second-order valence-corrected chi connectivity index (χ2v) is 2.82. The Morgan fingerprint density at radius 3 is 2.23 bits per heavy atom. The molecule has 2 nitrogen and oxygen atoms in total. The van der Waals surface area contributed by atoms with Gasteiger partial charge in [0.25, 0.3) is 0 Å². The summed E-state index contributed by atoms with van der Waals surface area (Å²) in [6.07, 6.45) is -3.96. The lowest BCUT2D eigenvalue weighted by Crippen LogP contribution is -2.45. The lowest BCUT2D eigenvalue weighted by Gasteiger charge is -2.30. The summed E-state index contributed by atoms with van der Waals surface area (Å²) in [7, 11) is 0. The van der Waals surface area contributed by atoms with Crippen molar-refractivity contribution in [1.29, 1.82) is 0 Å². The first-order chi connectivity index (χ1) is 5.73. The Labute approximate surface area is 74.4 Å². The maximum Gasteiger partial charge on any atom is 0.428 e. The largest absolute Gasteiger partial charge is 0.450 e. The number of halogens is 3. The molecule has 0 rings (SSSR count). The van der Waals surface area contributed by atoms with Crippen LogP contribution in [0.2, 0.25) is 0 Å². The lowest BCUT2D eigenvalue weighted by atomic mass is 10.0. The number of esters is 1. The van der Waals surface area contributed by atoms with E-state index >= 15 is 0 Å². The van der Waals surface area contributed by atoms with Gasteiger partial charge in [-0.15, -0.1) is 6.58 Å². The molecule has 0 aliphatic carbocycles. The molecule has 0 radical (unpaired) electrons. The Morgan fingerprint density at radius 2 is 2.00 bits per heavy atom. The number of rotatable bonds is 3. The summed E-state index contributed by atoms with van der Waals surface area (Å²) in [5, 5.41) is 0. The number of carbonyl (C=O) groups excluding carboxylic acids is 1. The van der Waals surface area contributed by atoms with Gasteiger partial charge in [0, 0.05) is 13.3 Å². The van der Waals surface area contributed by atoms with Crippen LogP contribution in [-0.4, -0.2) is 17.7 Å². The third-order valence-corrected chi connectivity index (χ3v) is 1.50. The molecule has 0 heterocycles. The summed E-state index contributed by atoms with van der Waals surface area (Å²) >= 11 is 0. The normalized spacial score (nSPS) is 16.1. The van der Waals surface area contributed by atoms with Crippen LogP contribution >= 0.6 is 0 Å². The zero-order valence-corrected chi connectivity index (χ0v) is 7.44. The Morgan fingerprint density at radius 1 is 1.54 bits per heavy atom. The van der Waals surface area contributed by atoms with E-state index in [4.69, 9.17) is 0 Å². The van der Waals surface area contributed by atoms with Crippen LogP contribution in [0.25, 0.3) is 0 Å². The van der Waals surface area contributed by atoms with Crippen LogP contribution in [-0.2, 0) is 9.53 Å². The molecule has 0 spiro atoms. The second kappa shape index (κ2) is 3.81. The van der Waals surface area contributed by atoms with Crippen molar-refractivity contribution < 1.29 is 22.7 Å². The molecule has 0 aromatic carbocycles. The van der Waals surface area contributed by atoms with E-state index in [-0.39, 0.29) is 0 Å². The van der Waals surface area contributed by atoms with Crippen LogP contribution in [0, 0.1) is 0 Å². The van der Waals surface area contributed by atoms with Crippen LogP contribution in [0.15, 0.2) is 12.7 Å². The molecule has 0 aromatic rings. The molecule has 0 saturated carbocycles. The molecule has 0 fully saturated rings. The van der Waals surface area contributed by atoms with E-state index in [1.807, 2.05) is 0 Å². The minimum absolute atomic E-state index is 0.448. The van der Waals surface area contributed by atoms with E-state index in [1.165, 1.54) is 0 Å². The summed E-state index contributed by atoms with van der Waals surface area (Å²) in [6.45, 7) is 4.93. The Bertz CT molecular complexity index is 210. The van der Waals surface area contributed by atoms with Crippen LogP contribution in [0.3, 0.4) is 0 Å². The fourth-order valence-electron chi connectivity index (χ4n) is 0.808. The SMILES string of the molecule is C=CCC(C)(OC(C)=O)C(F)(F)F. The highest BCUT2D eigenvalue weighted by atomic mass is 19.4. The van der Waals surface area contributed by atoms with Gasteiger partial charge in [0.15, 0.2) is 0 Å². The Kier molecular flexibility index (Phi) is 3.51. The predicted octanol–water partition coefficient (Wildman–Crippen LogP) is 2.45. The van der Waals surface area contributed by atoms with Gasteiger partial charge >= 0.3 is 12.1 Å². The van der Waals surface area contributed by atoms with Gasteiger partial charge in [0.2, 0.25) is 5.60 Å². The fraction of sp³-hybridized carbons (Fsp3) is 0.625. The van der Waals surface area contributed by atoms with Crippen LogP contribution < -0.4 is 0 Å². The molecule has 1 atom stereocenters. The molecule has 0 aliphatic heterocycles. The van der Waals surface area contributed by atoms with Crippen molar-refractivity contribution in [3.63, 3.8) is 0 Å². The molecular formula is C8H11F3O2. The van der Waals surface area contributed by atoms with E-state index in [9.17, 15) is 18.0 Å². The molecule has 1 unspecified atom stereocenters. The smallest absolute Gasteiger partial charge is 0.428 e. The van der Waals surface area contributed by atoms with Crippen molar-refractivity contribution >= 4 is 5.97 Å². The van der Waals surface area contributed by atoms with Crippen LogP contribution in [0.5, 0.6) is 0 Å². The summed E-state index contributed by atoms with van der Waals surface area (Å²) in [5.74, 6) is -0.957. The standard InChI is InChI=1S/C8H11F3O2/c1-4-5-7(3,8(9,10)11)13-6(2)12/h4H,1,5H2,2-3H3. The van der Waals surface area contributed by atoms with E-state index < -0.39 is 24.2 Å². The fourth-order valence-corrected chi connectivity index (χ4v) is 0.808. The van der Waals surface area contributed by atoms with Crippen molar-refractivity contribution in [2.45, 2.75) is 32.0 Å². The van der Waals surface area contributed by atoms with Gasteiger partial charge in [-0.2, -0.15) is 13.2 Å². The van der Waals surface area contributed by atoms with Gasteiger partial charge in [0.1, 0.15) is 0 Å². The molecule has 5 heteroatoms. The molecule has 13 heavy (non-hydrogen) atoms. The number of alkyl halides is 3. The highest BCUT2D eigenvalue weighted by Gasteiger charge is 2.53. The molecular weight excluding hydrogens is 185 g/mol. The van der Waals surface area contributed by atoms with E-state index in [0.717, 1.165) is 19.9 Å². The maximum absolute atomic E-state index is 12.3. The average Bonchev–Trinajstić information content (AvgIpc) is 1.82. The third kappa shape index (κ3) is 3.08. The van der Waals surface area contributed by atoms with Crippen molar-refractivity contribution in [3.05, 3.63) is 12.7 Å². The van der Waals surface area contributed by atoms with E-state index in [2.05, 4.69) is 11.3 Å².